The highest BCUT2D eigenvalue weighted by atomic mass is 35.5. The van der Waals surface area contributed by atoms with E-state index in [1.54, 1.807) is 37.3 Å². The Morgan fingerprint density at radius 2 is 1.57 bits per heavy atom. The van der Waals surface area contributed by atoms with Crippen LogP contribution >= 0.6 is 11.6 Å². The highest BCUT2D eigenvalue weighted by molar-refractivity contribution is 7.92. The first-order valence-corrected chi connectivity index (χ1v) is 15.3. The van der Waals surface area contributed by atoms with Gasteiger partial charge in [0.1, 0.15) is 12.6 Å². The Morgan fingerprint density at radius 3 is 2.15 bits per heavy atom. The summed E-state index contributed by atoms with van der Waals surface area (Å²) in [7, 11) is -4.14. The van der Waals surface area contributed by atoms with E-state index in [1.807, 2.05) is 58.0 Å². The highest BCUT2D eigenvalue weighted by Crippen LogP contribution is 2.29. The maximum atomic E-state index is 14.1. The molecule has 0 aliphatic rings. The molecule has 0 heterocycles. The van der Waals surface area contributed by atoms with Crippen molar-refractivity contribution in [3.05, 3.63) is 94.5 Å². The van der Waals surface area contributed by atoms with E-state index in [0.717, 1.165) is 21.9 Å². The number of halogens is 1. The van der Waals surface area contributed by atoms with Gasteiger partial charge in [-0.25, -0.2) is 8.42 Å². The number of amides is 2. The Kier molecular flexibility index (Phi) is 10.8. The van der Waals surface area contributed by atoms with Gasteiger partial charge in [-0.15, -0.1) is 0 Å². The zero-order valence-electron chi connectivity index (χ0n) is 23.7. The van der Waals surface area contributed by atoms with Crippen molar-refractivity contribution in [2.75, 3.05) is 10.8 Å². The number of sulfonamides is 1. The molecule has 0 saturated heterocycles. The number of hydrogen-bond acceptors (Lipinski definition) is 4. The Bertz CT molecular complexity index is 1410. The van der Waals surface area contributed by atoms with Crippen LogP contribution in [0.1, 0.15) is 50.3 Å². The molecule has 2 amide bonds. The highest BCUT2D eigenvalue weighted by Gasteiger charge is 2.34. The van der Waals surface area contributed by atoms with E-state index in [9.17, 15) is 18.0 Å². The summed E-state index contributed by atoms with van der Waals surface area (Å²) in [4.78, 5) is 29.0. The molecule has 0 aliphatic carbocycles. The SMILES string of the molecule is CC[C@H](C)NC(=O)[C@H](CC)N(Cc1ccccc1)C(=O)CN(c1ccc(Cl)cc1C)S(=O)(=O)c1ccc(C)cc1. The molecule has 3 rings (SSSR count). The number of nitrogens with one attached hydrogen (secondary N) is 1. The first-order chi connectivity index (χ1) is 19.0. The maximum absolute atomic E-state index is 14.1. The standard InChI is InChI=1S/C31H38ClN3O4S/c1-6-24(5)33-31(37)28(7-2)34(20-25-11-9-8-10-12-25)30(36)21-35(29-18-15-26(32)19-23(29)4)40(38,39)27-16-13-22(3)14-17-27/h8-19,24,28H,6-7,20-21H2,1-5H3,(H,33,37)/t24-,28-/m0/s1. The van der Waals surface area contributed by atoms with Crippen LogP contribution in [0, 0.1) is 13.8 Å². The van der Waals surface area contributed by atoms with Crippen molar-refractivity contribution in [3.8, 4) is 0 Å². The van der Waals surface area contributed by atoms with Gasteiger partial charge in [0.15, 0.2) is 0 Å². The van der Waals surface area contributed by atoms with E-state index in [4.69, 9.17) is 11.6 Å². The van der Waals surface area contributed by atoms with E-state index in [2.05, 4.69) is 5.32 Å². The smallest absolute Gasteiger partial charge is 0.264 e. The minimum Gasteiger partial charge on any atom is -0.352 e. The summed E-state index contributed by atoms with van der Waals surface area (Å²) in [5.74, 6) is -0.753. The second-order valence-electron chi connectivity index (χ2n) is 10.0. The number of rotatable bonds is 12. The Labute approximate surface area is 243 Å². The molecule has 214 valence electrons. The van der Waals surface area contributed by atoms with E-state index in [-0.39, 0.29) is 23.4 Å². The fourth-order valence-corrected chi connectivity index (χ4v) is 6.10. The van der Waals surface area contributed by atoms with Gasteiger partial charge < -0.3 is 10.2 Å². The fraction of sp³-hybridized carbons (Fsp3) is 0.355. The summed E-state index contributed by atoms with van der Waals surface area (Å²) in [5.41, 5.74) is 2.69. The molecule has 0 unspecified atom stereocenters. The van der Waals surface area contributed by atoms with Gasteiger partial charge in [0.2, 0.25) is 11.8 Å². The van der Waals surface area contributed by atoms with Crippen LogP contribution in [0.5, 0.6) is 0 Å². The molecule has 0 aromatic heterocycles. The van der Waals surface area contributed by atoms with Gasteiger partial charge in [-0.3, -0.25) is 13.9 Å². The summed E-state index contributed by atoms with van der Waals surface area (Å²) < 4.78 is 29.1. The topological polar surface area (TPSA) is 86.8 Å². The first-order valence-electron chi connectivity index (χ1n) is 13.5. The summed E-state index contributed by atoms with van der Waals surface area (Å²) in [6, 6.07) is 19.9. The molecule has 2 atom stereocenters. The van der Waals surface area contributed by atoms with Crippen LogP contribution in [-0.2, 0) is 26.2 Å². The molecule has 0 spiro atoms. The predicted octanol–water partition coefficient (Wildman–Crippen LogP) is 5.87. The molecule has 0 bridgehead atoms. The lowest BCUT2D eigenvalue weighted by Crippen LogP contribution is -2.53. The molecule has 3 aromatic carbocycles. The van der Waals surface area contributed by atoms with E-state index < -0.39 is 28.5 Å². The third-order valence-electron chi connectivity index (χ3n) is 6.90. The van der Waals surface area contributed by atoms with Gasteiger partial charge in [0.05, 0.1) is 10.6 Å². The summed E-state index contributed by atoms with van der Waals surface area (Å²) in [5, 5.41) is 3.44. The molecule has 7 nitrogen and oxygen atoms in total. The van der Waals surface area contributed by atoms with Crippen molar-refractivity contribution in [3.63, 3.8) is 0 Å². The van der Waals surface area contributed by atoms with Crippen molar-refractivity contribution in [1.82, 2.24) is 10.2 Å². The molecule has 0 aliphatic heterocycles. The monoisotopic (exact) mass is 583 g/mol. The van der Waals surface area contributed by atoms with Crippen molar-refractivity contribution < 1.29 is 18.0 Å². The van der Waals surface area contributed by atoms with Crippen molar-refractivity contribution in [2.45, 2.75) is 71.0 Å². The van der Waals surface area contributed by atoms with Gasteiger partial charge in [-0.2, -0.15) is 0 Å². The Morgan fingerprint density at radius 1 is 0.925 bits per heavy atom. The minimum atomic E-state index is -4.14. The van der Waals surface area contributed by atoms with E-state index in [0.29, 0.717) is 22.7 Å². The molecule has 0 saturated carbocycles. The van der Waals surface area contributed by atoms with E-state index >= 15 is 0 Å². The van der Waals surface area contributed by atoms with Crippen LogP contribution in [0.2, 0.25) is 5.02 Å². The Balaban J connectivity index is 2.08. The number of carbonyl (C=O) groups excluding carboxylic acids is 2. The number of hydrogen-bond donors (Lipinski definition) is 1. The maximum Gasteiger partial charge on any atom is 0.264 e. The summed E-state index contributed by atoms with van der Waals surface area (Å²) >= 11 is 6.18. The first kappa shape index (κ1) is 31.2. The molecule has 3 aromatic rings. The Hall–Kier alpha value is -3.36. The number of benzene rings is 3. The lowest BCUT2D eigenvalue weighted by atomic mass is 10.1. The summed E-state index contributed by atoms with van der Waals surface area (Å²) in [6.45, 7) is 9.02. The normalized spacial score (nSPS) is 12.8. The number of nitrogens with zero attached hydrogens (tertiary/aromatic N) is 2. The van der Waals surface area contributed by atoms with Crippen molar-refractivity contribution >= 4 is 39.1 Å². The molecule has 0 radical (unpaired) electrons. The van der Waals surface area contributed by atoms with Crippen LogP contribution in [0.3, 0.4) is 0 Å². The second-order valence-corrected chi connectivity index (χ2v) is 12.3. The van der Waals surface area contributed by atoms with Crippen LogP contribution in [0.15, 0.2) is 77.7 Å². The average molecular weight is 584 g/mol. The van der Waals surface area contributed by atoms with Gasteiger partial charge in [-0.05, 0) is 75.1 Å². The lowest BCUT2D eigenvalue weighted by molar-refractivity contribution is -0.140. The second kappa shape index (κ2) is 13.8. The predicted molar refractivity (Wildman–Crippen MR) is 161 cm³/mol. The molecule has 0 fully saturated rings. The van der Waals surface area contributed by atoms with Crippen LogP contribution < -0.4 is 9.62 Å². The van der Waals surface area contributed by atoms with Crippen molar-refractivity contribution in [2.24, 2.45) is 0 Å². The average Bonchev–Trinajstić information content (AvgIpc) is 2.92. The van der Waals surface area contributed by atoms with Crippen molar-refractivity contribution in [1.29, 1.82) is 0 Å². The third kappa shape index (κ3) is 7.64. The molecular formula is C31H38ClN3O4S. The molecular weight excluding hydrogens is 546 g/mol. The third-order valence-corrected chi connectivity index (χ3v) is 8.91. The zero-order valence-corrected chi connectivity index (χ0v) is 25.3. The van der Waals surface area contributed by atoms with Gasteiger partial charge in [0, 0.05) is 17.6 Å². The van der Waals surface area contributed by atoms with Gasteiger partial charge in [0.25, 0.3) is 10.0 Å². The zero-order chi connectivity index (χ0) is 29.4. The van der Waals surface area contributed by atoms with Crippen LogP contribution in [-0.4, -0.2) is 43.8 Å². The largest absolute Gasteiger partial charge is 0.352 e. The minimum absolute atomic E-state index is 0.0645. The molecule has 1 N–H and O–H groups in total. The van der Waals surface area contributed by atoms with Crippen LogP contribution in [0.4, 0.5) is 5.69 Å². The molecule has 9 heteroatoms. The van der Waals surface area contributed by atoms with Crippen LogP contribution in [0.25, 0.3) is 0 Å². The number of carbonyl (C=O) groups is 2. The number of aryl methyl sites for hydroxylation is 2. The van der Waals surface area contributed by atoms with E-state index in [1.165, 1.54) is 17.0 Å². The molecule has 40 heavy (non-hydrogen) atoms. The van der Waals surface area contributed by atoms with Gasteiger partial charge >= 0.3 is 0 Å². The number of anilines is 1. The van der Waals surface area contributed by atoms with Gasteiger partial charge in [-0.1, -0.05) is 73.5 Å². The summed E-state index contributed by atoms with van der Waals surface area (Å²) in [6.07, 6.45) is 1.11. The quantitative estimate of drug-likeness (QED) is 0.289. The lowest BCUT2D eigenvalue weighted by Gasteiger charge is -2.34. The fourth-order valence-electron chi connectivity index (χ4n) is 4.39.